The minimum atomic E-state index is -3.14. The number of carbonyl (C=O) groups is 1. The standard InChI is InChI=1S/C38H48Cl2N4O4S/c1-10-48-29-24-35(5,34(2,3)4)30-31-36(29,6)32-41-37(7,25-12-16-27(39)17-13-25)38(8,26-14-18-28(40)19-15-26)44(32)33(45)43(31)22-21-42(30)20-11-23-49(9,46)47/h12-19,24H,10-11,20-23H2,1-9H3/t35?,36?,37-,38+/m0/s1. The number of hydrogen-bond acceptors (Lipinski definition) is 6. The zero-order valence-electron chi connectivity index (χ0n) is 30.0. The van der Waals surface area contributed by atoms with Gasteiger partial charge in [0.15, 0.2) is 0 Å². The van der Waals surface area contributed by atoms with E-state index in [2.05, 4.69) is 59.4 Å². The predicted octanol–water partition coefficient (Wildman–Crippen LogP) is 8.23. The van der Waals surface area contributed by atoms with Crippen molar-refractivity contribution in [2.24, 2.45) is 21.2 Å². The number of nitrogens with zero attached hydrogens (tertiary/aromatic N) is 4. The molecule has 1 saturated heterocycles. The van der Waals surface area contributed by atoms with Crippen molar-refractivity contribution in [3.05, 3.63) is 92.9 Å². The van der Waals surface area contributed by atoms with Crippen molar-refractivity contribution in [2.75, 3.05) is 38.2 Å². The lowest BCUT2D eigenvalue weighted by Gasteiger charge is -2.60. The molecule has 2 unspecified atom stereocenters. The van der Waals surface area contributed by atoms with E-state index in [4.69, 9.17) is 32.9 Å². The lowest BCUT2D eigenvalue weighted by atomic mass is 9.58. The van der Waals surface area contributed by atoms with Crippen molar-refractivity contribution in [2.45, 2.75) is 72.9 Å². The first-order valence-corrected chi connectivity index (χ1v) is 19.8. The van der Waals surface area contributed by atoms with Crippen molar-refractivity contribution in [1.29, 1.82) is 0 Å². The smallest absolute Gasteiger partial charge is 0.330 e. The molecule has 0 radical (unpaired) electrons. The Morgan fingerprint density at radius 3 is 2.00 bits per heavy atom. The monoisotopic (exact) mass is 726 g/mol. The Bertz CT molecular complexity index is 1880. The molecule has 4 aliphatic rings. The lowest BCUT2D eigenvalue weighted by molar-refractivity contribution is 0.0473. The van der Waals surface area contributed by atoms with E-state index >= 15 is 4.79 Å². The number of carbonyl (C=O) groups excluding carboxylic acids is 1. The van der Waals surface area contributed by atoms with Crippen LogP contribution in [0.25, 0.3) is 0 Å². The number of benzene rings is 2. The van der Waals surface area contributed by atoms with Crippen LogP contribution in [0.1, 0.15) is 72.9 Å². The molecule has 49 heavy (non-hydrogen) atoms. The van der Waals surface area contributed by atoms with Crippen molar-refractivity contribution in [1.82, 2.24) is 14.7 Å². The second kappa shape index (κ2) is 11.8. The molecule has 0 N–H and O–H groups in total. The van der Waals surface area contributed by atoms with Crippen molar-refractivity contribution < 1.29 is 17.9 Å². The highest BCUT2D eigenvalue weighted by atomic mass is 35.5. The fourth-order valence-corrected chi connectivity index (χ4v) is 9.20. The van der Waals surface area contributed by atoms with Crippen LogP contribution in [-0.4, -0.2) is 73.2 Å². The van der Waals surface area contributed by atoms with Gasteiger partial charge in [-0.15, -0.1) is 0 Å². The number of sulfone groups is 1. The number of ether oxygens (including phenoxy) is 1. The number of urea groups is 1. The quantitative estimate of drug-likeness (QED) is 0.274. The Morgan fingerprint density at radius 2 is 1.47 bits per heavy atom. The number of halogens is 2. The number of fused-ring (bicyclic) bond motifs is 2. The molecule has 8 nitrogen and oxygen atoms in total. The van der Waals surface area contributed by atoms with E-state index in [9.17, 15) is 8.42 Å². The molecule has 4 atom stereocenters. The molecule has 1 aliphatic carbocycles. The highest BCUT2D eigenvalue weighted by molar-refractivity contribution is 7.90. The number of amides is 2. The van der Waals surface area contributed by atoms with E-state index in [0.717, 1.165) is 28.3 Å². The first-order valence-electron chi connectivity index (χ1n) is 17.0. The second-order valence-electron chi connectivity index (χ2n) is 15.5. The predicted molar refractivity (Wildman–Crippen MR) is 197 cm³/mol. The average Bonchev–Trinajstić information content (AvgIpc) is 3.27. The minimum Gasteiger partial charge on any atom is -0.497 e. The highest BCUT2D eigenvalue weighted by Crippen LogP contribution is 2.64. The maximum atomic E-state index is 15.4. The van der Waals surface area contributed by atoms with Gasteiger partial charge in [0.2, 0.25) is 0 Å². The van der Waals surface area contributed by atoms with Gasteiger partial charge in [-0.25, -0.2) is 13.2 Å². The Labute approximate surface area is 301 Å². The van der Waals surface area contributed by atoms with E-state index < -0.39 is 31.7 Å². The molecule has 11 heteroatoms. The average molecular weight is 728 g/mol. The van der Waals surface area contributed by atoms with Crippen LogP contribution in [0.3, 0.4) is 0 Å². The third kappa shape index (κ3) is 5.24. The van der Waals surface area contributed by atoms with Gasteiger partial charge < -0.3 is 9.64 Å². The molecular formula is C38H48Cl2N4O4S. The Morgan fingerprint density at radius 1 is 0.898 bits per heavy atom. The summed E-state index contributed by atoms with van der Waals surface area (Å²) in [6, 6.07) is 15.2. The summed E-state index contributed by atoms with van der Waals surface area (Å²) in [7, 11) is -3.14. The van der Waals surface area contributed by atoms with Crippen LogP contribution in [-0.2, 0) is 25.7 Å². The maximum absolute atomic E-state index is 15.4. The van der Waals surface area contributed by atoms with E-state index in [1.54, 1.807) is 0 Å². The van der Waals surface area contributed by atoms with Gasteiger partial charge in [0.25, 0.3) is 0 Å². The highest BCUT2D eigenvalue weighted by Gasteiger charge is 2.69. The van der Waals surface area contributed by atoms with Crippen LogP contribution in [0, 0.1) is 16.2 Å². The topological polar surface area (TPSA) is 82.5 Å². The number of allylic oxidation sites excluding steroid dienone is 1. The summed E-state index contributed by atoms with van der Waals surface area (Å²) in [5.41, 5.74) is -0.00455. The first kappa shape index (κ1) is 35.8. The molecule has 2 aromatic rings. The molecule has 2 amide bonds. The number of rotatable bonds is 8. The van der Waals surface area contributed by atoms with Crippen LogP contribution in [0.2, 0.25) is 10.0 Å². The summed E-state index contributed by atoms with van der Waals surface area (Å²) in [6.45, 7) is 19.1. The maximum Gasteiger partial charge on any atom is 0.330 e. The van der Waals surface area contributed by atoms with Crippen molar-refractivity contribution in [3.8, 4) is 0 Å². The van der Waals surface area contributed by atoms with Gasteiger partial charge in [-0.1, -0.05) is 68.2 Å². The van der Waals surface area contributed by atoms with Gasteiger partial charge in [-0.05, 0) is 87.9 Å². The second-order valence-corrected chi connectivity index (χ2v) is 18.7. The molecular weight excluding hydrogens is 679 g/mol. The SMILES string of the molecule is CCOC1=CC(C)(C(C)(C)C)C2=C3N(CCN2CCCS(C)(=O)=O)C(=O)N2C(=N[C@@](C)(c4ccc(Cl)cc4)[C@@]2(C)c2ccc(Cl)cc2)C13C. The summed E-state index contributed by atoms with van der Waals surface area (Å²) in [4.78, 5) is 27.2. The summed E-state index contributed by atoms with van der Waals surface area (Å²) in [6.07, 6.45) is 4.01. The normalized spacial score (nSPS) is 29.9. The molecule has 0 saturated carbocycles. The molecule has 0 aromatic heterocycles. The summed E-state index contributed by atoms with van der Waals surface area (Å²) in [5.74, 6) is 1.46. The van der Waals surface area contributed by atoms with Crippen molar-refractivity contribution >= 4 is 44.9 Å². The molecule has 3 heterocycles. The van der Waals surface area contributed by atoms with Gasteiger partial charge in [-0.2, -0.15) is 0 Å². The fraction of sp³-hybridized carbons (Fsp3) is 0.526. The van der Waals surface area contributed by atoms with Crippen LogP contribution in [0.4, 0.5) is 4.79 Å². The Balaban J connectivity index is 1.67. The van der Waals surface area contributed by atoms with Gasteiger partial charge in [-0.3, -0.25) is 14.8 Å². The lowest BCUT2D eigenvalue weighted by Crippen LogP contribution is -2.69. The Kier molecular flexibility index (Phi) is 8.60. The summed E-state index contributed by atoms with van der Waals surface area (Å²) in [5, 5.41) is 1.22. The number of hydrogen-bond donors (Lipinski definition) is 0. The van der Waals surface area contributed by atoms with Crippen molar-refractivity contribution in [3.63, 3.8) is 0 Å². The summed E-state index contributed by atoms with van der Waals surface area (Å²) < 4.78 is 31.0. The molecule has 0 spiro atoms. The van der Waals surface area contributed by atoms with Crippen LogP contribution in [0.5, 0.6) is 0 Å². The molecule has 0 bridgehead atoms. The number of amidine groups is 1. The van der Waals surface area contributed by atoms with Gasteiger partial charge in [0.1, 0.15) is 37.9 Å². The van der Waals surface area contributed by atoms with Crippen LogP contribution in [0.15, 0.2) is 76.8 Å². The van der Waals surface area contributed by atoms with Crippen LogP contribution < -0.4 is 0 Å². The third-order valence-electron chi connectivity index (χ3n) is 11.7. The Hall–Kier alpha value is -3.01. The minimum absolute atomic E-state index is 0.0949. The van der Waals surface area contributed by atoms with Crippen LogP contribution >= 0.6 is 23.2 Å². The van der Waals surface area contributed by atoms with Gasteiger partial charge >= 0.3 is 6.03 Å². The molecule has 6 rings (SSSR count). The third-order valence-corrected chi connectivity index (χ3v) is 13.2. The van der Waals surface area contributed by atoms with E-state index in [1.165, 1.54) is 6.26 Å². The number of aliphatic imine (C=N–C) groups is 1. The summed E-state index contributed by atoms with van der Waals surface area (Å²) >= 11 is 12.8. The van der Waals surface area contributed by atoms with E-state index in [1.807, 2.05) is 65.3 Å². The van der Waals surface area contributed by atoms with E-state index in [0.29, 0.717) is 48.5 Å². The molecule has 2 aromatic carbocycles. The zero-order chi connectivity index (χ0) is 35.9. The first-order chi connectivity index (χ1) is 22.7. The molecule has 1 fully saturated rings. The van der Waals surface area contributed by atoms with Gasteiger partial charge in [0.05, 0.1) is 18.1 Å². The largest absolute Gasteiger partial charge is 0.497 e. The zero-order valence-corrected chi connectivity index (χ0v) is 32.4. The van der Waals surface area contributed by atoms with E-state index in [-0.39, 0.29) is 17.2 Å². The molecule has 3 aliphatic heterocycles. The molecule has 264 valence electrons. The van der Waals surface area contributed by atoms with Gasteiger partial charge in [0, 0.05) is 47.0 Å². The fourth-order valence-electron chi connectivity index (χ4n) is 8.30.